The Morgan fingerprint density at radius 1 is 1.00 bits per heavy atom. The average molecular weight is 304 g/mol. The van der Waals surface area contributed by atoms with E-state index < -0.39 is 0 Å². The van der Waals surface area contributed by atoms with Gasteiger partial charge >= 0.3 is 0 Å². The van der Waals surface area contributed by atoms with Crippen LogP contribution in [0.25, 0.3) is 10.9 Å². The second-order valence-electron chi connectivity index (χ2n) is 5.14. The van der Waals surface area contributed by atoms with Crippen molar-refractivity contribution in [1.82, 2.24) is 4.98 Å². The summed E-state index contributed by atoms with van der Waals surface area (Å²) >= 11 is 0. The van der Waals surface area contributed by atoms with Crippen LogP contribution in [0.5, 0.6) is 5.75 Å². The van der Waals surface area contributed by atoms with Crippen LogP contribution in [-0.4, -0.2) is 52.6 Å². The molecular formula is C17H24N2O3. The van der Waals surface area contributed by atoms with Crippen molar-refractivity contribution >= 4 is 16.6 Å². The standard InChI is InChI=1S/C17H24N2O3/c1-13-11-17(19(7-9-20-2)8-10-21-3)15-6-5-14(22-4)12-16(15)18-13/h5-6,11-12H,7-10H2,1-4H3. The van der Waals surface area contributed by atoms with Crippen LogP contribution in [0.15, 0.2) is 24.3 Å². The number of benzene rings is 1. The molecule has 1 aromatic carbocycles. The largest absolute Gasteiger partial charge is 0.497 e. The van der Waals surface area contributed by atoms with Crippen LogP contribution in [0.4, 0.5) is 5.69 Å². The van der Waals surface area contributed by atoms with E-state index in [2.05, 4.69) is 22.0 Å². The summed E-state index contributed by atoms with van der Waals surface area (Å²) in [6.07, 6.45) is 0. The molecule has 1 heterocycles. The summed E-state index contributed by atoms with van der Waals surface area (Å²) in [5, 5.41) is 1.11. The van der Waals surface area contributed by atoms with Gasteiger partial charge in [-0.05, 0) is 25.1 Å². The van der Waals surface area contributed by atoms with Crippen LogP contribution >= 0.6 is 0 Å². The first-order chi connectivity index (χ1) is 10.7. The number of ether oxygens (including phenoxy) is 3. The highest BCUT2D eigenvalue weighted by atomic mass is 16.5. The number of nitrogens with zero attached hydrogens (tertiary/aromatic N) is 2. The van der Waals surface area contributed by atoms with E-state index in [9.17, 15) is 0 Å². The van der Waals surface area contributed by atoms with Crippen molar-refractivity contribution in [2.24, 2.45) is 0 Å². The van der Waals surface area contributed by atoms with Gasteiger partial charge in [0.05, 0.1) is 25.8 Å². The van der Waals surface area contributed by atoms with Gasteiger partial charge < -0.3 is 19.1 Å². The Kier molecular flexibility index (Phi) is 5.98. The molecule has 5 nitrogen and oxygen atoms in total. The van der Waals surface area contributed by atoms with E-state index in [-0.39, 0.29) is 0 Å². The van der Waals surface area contributed by atoms with Gasteiger partial charge in [0.15, 0.2) is 0 Å². The van der Waals surface area contributed by atoms with Crippen LogP contribution in [0.2, 0.25) is 0 Å². The fourth-order valence-corrected chi connectivity index (χ4v) is 2.46. The lowest BCUT2D eigenvalue weighted by molar-refractivity contribution is 0.190. The van der Waals surface area contributed by atoms with Gasteiger partial charge in [-0.25, -0.2) is 0 Å². The maximum atomic E-state index is 5.30. The van der Waals surface area contributed by atoms with Crippen molar-refractivity contribution in [3.63, 3.8) is 0 Å². The molecular weight excluding hydrogens is 280 g/mol. The van der Waals surface area contributed by atoms with Crippen molar-refractivity contribution in [3.8, 4) is 5.75 Å². The van der Waals surface area contributed by atoms with Gasteiger partial charge in [-0.2, -0.15) is 0 Å². The van der Waals surface area contributed by atoms with Gasteiger partial charge in [0.1, 0.15) is 5.75 Å². The monoisotopic (exact) mass is 304 g/mol. The molecule has 0 atom stereocenters. The SMILES string of the molecule is COCCN(CCOC)c1cc(C)nc2cc(OC)ccc12. The molecule has 0 aliphatic carbocycles. The normalized spacial score (nSPS) is 10.9. The number of aromatic nitrogens is 1. The molecule has 0 saturated carbocycles. The molecule has 120 valence electrons. The number of fused-ring (bicyclic) bond motifs is 1. The van der Waals surface area contributed by atoms with Crippen LogP contribution < -0.4 is 9.64 Å². The smallest absolute Gasteiger partial charge is 0.121 e. The van der Waals surface area contributed by atoms with Crippen molar-refractivity contribution < 1.29 is 14.2 Å². The van der Waals surface area contributed by atoms with E-state index in [0.29, 0.717) is 13.2 Å². The molecule has 5 heteroatoms. The molecule has 0 N–H and O–H groups in total. The Bertz CT molecular complexity index is 608. The second kappa shape index (κ2) is 7.96. The number of hydrogen-bond donors (Lipinski definition) is 0. The van der Waals surface area contributed by atoms with Crippen LogP contribution in [-0.2, 0) is 9.47 Å². The van der Waals surface area contributed by atoms with Gasteiger partial charge in [0.2, 0.25) is 0 Å². The van der Waals surface area contributed by atoms with E-state index in [1.165, 1.54) is 0 Å². The van der Waals surface area contributed by atoms with E-state index >= 15 is 0 Å². The maximum absolute atomic E-state index is 5.30. The maximum Gasteiger partial charge on any atom is 0.121 e. The number of hydrogen-bond acceptors (Lipinski definition) is 5. The summed E-state index contributed by atoms with van der Waals surface area (Å²) < 4.78 is 15.8. The van der Waals surface area contributed by atoms with Crippen molar-refractivity contribution in [3.05, 3.63) is 30.0 Å². The van der Waals surface area contributed by atoms with Crippen LogP contribution in [0.1, 0.15) is 5.69 Å². The van der Waals surface area contributed by atoms with E-state index in [1.807, 2.05) is 19.1 Å². The van der Waals surface area contributed by atoms with E-state index in [0.717, 1.165) is 41.1 Å². The molecule has 2 rings (SSSR count). The molecule has 0 unspecified atom stereocenters. The predicted molar refractivity (Wildman–Crippen MR) is 89.0 cm³/mol. The third-order valence-electron chi connectivity index (χ3n) is 3.59. The minimum Gasteiger partial charge on any atom is -0.497 e. The predicted octanol–water partition coefficient (Wildman–Crippen LogP) is 2.65. The summed E-state index contributed by atoms with van der Waals surface area (Å²) in [7, 11) is 5.10. The molecule has 0 aliphatic rings. The molecule has 1 aromatic heterocycles. The van der Waals surface area contributed by atoms with Gasteiger partial charge in [-0.15, -0.1) is 0 Å². The Balaban J connectivity index is 2.45. The molecule has 22 heavy (non-hydrogen) atoms. The Hall–Kier alpha value is -1.85. The number of pyridine rings is 1. The molecule has 0 saturated heterocycles. The summed E-state index contributed by atoms with van der Waals surface area (Å²) in [4.78, 5) is 6.89. The number of rotatable bonds is 8. The molecule has 0 spiro atoms. The first kappa shape index (κ1) is 16.5. The van der Waals surface area contributed by atoms with Crippen molar-refractivity contribution in [2.45, 2.75) is 6.92 Å². The zero-order valence-corrected chi connectivity index (χ0v) is 13.8. The highest BCUT2D eigenvalue weighted by Gasteiger charge is 2.12. The molecule has 0 radical (unpaired) electrons. The minimum atomic E-state index is 0.669. The number of anilines is 1. The highest BCUT2D eigenvalue weighted by molar-refractivity contribution is 5.92. The summed E-state index contributed by atoms with van der Waals surface area (Å²) in [6, 6.07) is 8.10. The van der Waals surface area contributed by atoms with E-state index in [4.69, 9.17) is 14.2 Å². The Labute approximate surface area is 131 Å². The lowest BCUT2D eigenvalue weighted by Gasteiger charge is -2.26. The molecule has 0 amide bonds. The lowest BCUT2D eigenvalue weighted by Crippen LogP contribution is -2.31. The zero-order chi connectivity index (χ0) is 15.9. The summed E-state index contributed by atoms with van der Waals surface area (Å²) in [5.41, 5.74) is 3.07. The third-order valence-corrected chi connectivity index (χ3v) is 3.59. The third kappa shape index (κ3) is 3.87. The number of aryl methyl sites for hydroxylation is 1. The van der Waals surface area contributed by atoms with Crippen LogP contribution in [0.3, 0.4) is 0 Å². The Morgan fingerprint density at radius 3 is 2.27 bits per heavy atom. The molecule has 0 aliphatic heterocycles. The van der Waals surface area contributed by atoms with Gasteiger partial charge in [-0.1, -0.05) is 0 Å². The quantitative estimate of drug-likeness (QED) is 0.750. The Morgan fingerprint density at radius 2 is 1.68 bits per heavy atom. The fourth-order valence-electron chi connectivity index (χ4n) is 2.46. The number of methoxy groups -OCH3 is 3. The highest BCUT2D eigenvalue weighted by Crippen LogP contribution is 2.29. The molecule has 0 fully saturated rings. The van der Waals surface area contributed by atoms with Crippen LogP contribution in [0, 0.1) is 6.92 Å². The van der Waals surface area contributed by atoms with Gasteiger partial charge in [0, 0.05) is 50.1 Å². The van der Waals surface area contributed by atoms with Crippen molar-refractivity contribution in [2.75, 3.05) is 52.5 Å². The molecule has 2 aromatic rings. The molecule has 0 bridgehead atoms. The average Bonchev–Trinajstić information content (AvgIpc) is 2.53. The lowest BCUT2D eigenvalue weighted by atomic mass is 10.1. The van der Waals surface area contributed by atoms with E-state index in [1.54, 1.807) is 21.3 Å². The minimum absolute atomic E-state index is 0.669. The summed E-state index contributed by atoms with van der Waals surface area (Å²) in [6.45, 7) is 4.97. The fraction of sp³-hybridized carbons (Fsp3) is 0.471. The van der Waals surface area contributed by atoms with Gasteiger partial charge in [-0.3, -0.25) is 4.98 Å². The zero-order valence-electron chi connectivity index (χ0n) is 13.8. The van der Waals surface area contributed by atoms with Crippen molar-refractivity contribution in [1.29, 1.82) is 0 Å². The second-order valence-corrected chi connectivity index (χ2v) is 5.14. The summed E-state index contributed by atoms with van der Waals surface area (Å²) in [5.74, 6) is 0.817. The van der Waals surface area contributed by atoms with Gasteiger partial charge in [0.25, 0.3) is 0 Å². The topological polar surface area (TPSA) is 43.8 Å². The first-order valence-corrected chi connectivity index (χ1v) is 7.37. The first-order valence-electron chi connectivity index (χ1n) is 7.37.